The second-order valence-corrected chi connectivity index (χ2v) is 3.61. The standard InChI is InChI=1S/C12H18FNO3/c1-16-6-7-17-9-12(15)8-14-11-4-2-10(13)3-5-11/h2-5,12,14-15H,6-9H2,1H3. The summed E-state index contributed by atoms with van der Waals surface area (Å²) in [6.07, 6.45) is -0.600. The number of benzene rings is 1. The molecular formula is C12H18FNO3. The number of nitrogens with one attached hydrogen (secondary N) is 1. The second kappa shape index (κ2) is 8.00. The van der Waals surface area contributed by atoms with Crippen molar-refractivity contribution in [2.24, 2.45) is 0 Å². The van der Waals surface area contributed by atoms with Crippen molar-refractivity contribution in [3.8, 4) is 0 Å². The average Bonchev–Trinajstić information content (AvgIpc) is 2.34. The summed E-state index contributed by atoms with van der Waals surface area (Å²) in [6, 6.07) is 5.97. The minimum absolute atomic E-state index is 0.248. The fraction of sp³-hybridized carbons (Fsp3) is 0.500. The minimum atomic E-state index is -0.600. The summed E-state index contributed by atoms with van der Waals surface area (Å²) >= 11 is 0. The summed E-state index contributed by atoms with van der Waals surface area (Å²) in [4.78, 5) is 0. The molecule has 0 aliphatic rings. The van der Waals surface area contributed by atoms with Crippen LogP contribution in [0.15, 0.2) is 24.3 Å². The quantitative estimate of drug-likeness (QED) is 0.675. The van der Waals surface area contributed by atoms with Crippen LogP contribution in [0.1, 0.15) is 0 Å². The van der Waals surface area contributed by atoms with E-state index >= 15 is 0 Å². The van der Waals surface area contributed by atoms with Crippen LogP contribution in [0.5, 0.6) is 0 Å². The maximum absolute atomic E-state index is 12.6. The Hall–Kier alpha value is -1.17. The molecule has 4 nitrogen and oxygen atoms in total. The summed E-state index contributed by atoms with van der Waals surface area (Å²) < 4.78 is 22.6. The first-order chi connectivity index (χ1) is 8.22. The summed E-state index contributed by atoms with van der Waals surface area (Å²) in [7, 11) is 1.59. The van der Waals surface area contributed by atoms with E-state index in [1.807, 2.05) is 0 Å². The molecule has 1 rings (SSSR count). The molecule has 17 heavy (non-hydrogen) atoms. The molecule has 0 amide bonds. The minimum Gasteiger partial charge on any atom is -0.389 e. The van der Waals surface area contributed by atoms with Crippen LogP contribution in [0, 0.1) is 5.82 Å². The largest absolute Gasteiger partial charge is 0.389 e. The number of hydrogen-bond acceptors (Lipinski definition) is 4. The average molecular weight is 243 g/mol. The van der Waals surface area contributed by atoms with Crippen LogP contribution in [-0.2, 0) is 9.47 Å². The predicted molar refractivity (Wildman–Crippen MR) is 63.6 cm³/mol. The van der Waals surface area contributed by atoms with E-state index in [9.17, 15) is 9.50 Å². The van der Waals surface area contributed by atoms with Crippen molar-refractivity contribution < 1.29 is 19.0 Å². The Morgan fingerprint density at radius 3 is 2.65 bits per heavy atom. The van der Waals surface area contributed by atoms with Crippen molar-refractivity contribution in [2.75, 3.05) is 38.8 Å². The van der Waals surface area contributed by atoms with Crippen LogP contribution in [0.3, 0.4) is 0 Å². The molecule has 0 aliphatic carbocycles. The molecule has 0 bridgehead atoms. The maximum Gasteiger partial charge on any atom is 0.123 e. The third kappa shape index (κ3) is 6.21. The lowest BCUT2D eigenvalue weighted by molar-refractivity contribution is 0.0182. The van der Waals surface area contributed by atoms with Crippen molar-refractivity contribution in [1.29, 1.82) is 0 Å². The molecule has 1 aromatic rings. The zero-order valence-electron chi connectivity index (χ0n) is 9.86. The number of methoxy groups -OCH3 is 1. The first kappa shape index (κ1) is 13.9. The van der Waals surface area contributed by atoms with Crippen molar-refractivity contribution in [3.05, 3.63) is 30.1 Å². The molecule has 2 N–H and O–H groups in total. The first-order valence-corrected chi connectivity index (χ1v) is 5.46. The van der Waals surface area contributed by atoms with E-state index in [1.165, 1.54) is 12.1 Å². The molecule has 0 saturated carbocycles. The molecule has 5 heteroatoms. The van der Waals surface area contributed by atoms with Gasteiger partial charge in [-0.15, -0.1) is 0 Å². The molecule has 96 valence electrons. The predicted octanol–water partition coefficient (Wildman–Crippen LogP) is 1.26. The summed E-state index contributed by atoms with van der Waals surface area (Å²) in [6.45, 7) is 1.58. The normalized spacial score (nSPS) is 12.4. The molecule has 1 atom stereocenters. The molecule has 0 spiro atoms. The monoisotopic (exact) mass is 243 g/mol. The number of aliphatic hydroxyl groups excluding tert-OH is 1. The number of ether oxygens (including phenoxy) is 2. The van der Waals surface area contributed by atoms with Gasteiger partial charge in [-0.25, -0.2) is 4.39 Å². The molecule has 0 aliphatic heterocycles. The van der Waals surface area contributed by atoms with Crippen molar-refractivity contribution in [1.82, 2.24) is 0 Å². The molecule has 0 fully saturated rings. The molecule has 0 radical (unpaired) electrons. The Morgan fingerprint density at radius 2 is 2.00 bits per heavy atom. The van der Waals surface area contributed by atoms with E-state index < -0.39 is 6.10 Å². The van der Waals surface area contributed by atoms with Gasteiger partial charge in [-0.3, -0.25) is 0 Å². The van der Waals surface area contributed by atoms with E-state index in [0.717, 1.165) is 5.69 Å². The summed E-state index contributed by atoms with van der Waals surface area (Å²) in [5.74, 6) is -0.279. The maximum atomic E-state index is 12.6. The van der Waals surface area contributed by atoms with Crippen LogP contribution in [0.4, 0.5) is 10.1 Å². The van der Waals surface area contributed by atoms with Crippen LogP contribution in [-0.4, -0.2) is 44.7 Å². The zero-order chi connectivity index (χ0) is 12.5. The molecule has 1 aromatic carbocycles. The van der Waals surface area contributed by atoms with Gasteiger partial charge in [0, 0.05) is 19.3 Å². The lowest BCUT2D eigenvalue weighted by atomic mass is 10.3. The van der Waals surface area contributed by atoms with Gasteiger partial charge in [0.15, 0.2) is 0 Å². The van der Waals surface area contributed by atoms with Gasteiger partial charge in [-0.2, -0.15) is 0 Å². The van der Waals surface area contributed by atoms with Gasteiger partial charge in [-0.1, -0.05) is 0 Å². The van der Waals surface area contributed by atoms with Crippen LogP contribution < -0.4 is 5.32 Å². The van der Waals surface area contributed by atoms with Crippen molar-refractivity contribution in [2.45, 2.75) is 6.10 Å². The Bertz CT molecular complexity index is 305. The highest BCUT2D eigenvalue weighted by Gasteiger charge is 2.03. The van der Waals surface area contributed by atoms with Crippen LogP contribution in [0.2, 0.25) is 0 Å². The molecular weight excluding hydrogens is 225 g/mol. The van der Waals surface area contributed by atoms with Gasteiger partial charge >= 0.3 is 0 Å². The number of aliphatic hydroxyl groups is 1. The second-order valence-electron chi connectivity index (χ2n) is 3.61. The van der Waals surface area contributed by atoms with Crippen molar-refractivity contribution in [3.63, 3.8) is 0 Å². The van der Waals surface area contributed by atoms with Gasteiger partial charge in [0.25, 0.3) is 0 Å². The third-order valence-electron chi connectivity index (χ3n) is 2.13. The highest BCUT2D eigenvalue weighted by atomic mass is 19.1. The SMILES string of the molecule is COCCOCC(O)CNc1ccc(F)cc1. The van der Waals surface area contributed by atoms with Gasteiger partial charge in [-0.05, 0) is 24.3 Å². The van der Waals surface area contributed by atoms with Crippen molar-refractivity contribution >= 4 is 5.69 Å². The van der Waals surface area contributed by atoms with Crippen LogP contribution >= 0.6 is 0 Å². The van der Waals surface area contributed by atoms with E-state index in [4.69, 9.17) is 9.47 Å². The van der Waals surface area contributed by atoms with E-state index in [-0.39, 0.29) is 12.4 Å². The number of hydrogen-bond donors (Lipinski definition) is 2. The highest BCUT2D eigenvalue weighted by molar-refractivity contribution is 5.42. The fourth-order valence-electron chi connectivity index (χ4n) is 1.22. The van der Waals surface area contributed by atoms with Gasteiger partial charge in [0.05, 0.1) is 25.9 Å². The zero-order valence-corrected chi connectivity index (χ0v) is 9.86. The Morgan fingerprint density at radius 1 is 1.29 bits per heavy atom. The van der Waals surface area contributed by atoms with Gasteiger partial charge < -0.3 is 19.9 Å². The van der Waals surface area contributed by atoms with Gasteiger partial charge in [0.1, 0.15) is 5.82 Å². The first-order valence-electron chi connectivity index (χ1n) is 5.46. The Balaban J connectivity index is 2.14. The number of halogens is 1. The fourth-order valence-corrected chi connectivity index (χ4v) is 1.22. The molecule has 0 heterocycles. The Kier molecular flexibility index (Phi) is 6.54. The van der Waals surface area contributed by atoms with E-state index in [0.29, 0.717) is 19.8 Å². The summed E-state index contributed by atoms with van der Waals surface area (Å²) in [5, 5.41) is 12.5. The van der Waals surface area contributed by atoms with Crippen LogP contribution in [0.25, 0.3) is 0 Å². The Labute approximate surface area is 100 Å². The van der Waals surface area contributed by atoms with E-state index in [1.54, 1.807) is 19.2 Å². The molecule has 0 saturated heterocycles. The van der Waals surface area contributed by atoms with E-state index in [2.05, 4.69) is 5.32 Å². The topological polar surface area (TPSA) is 50.7 Å². The lowest BCUT2D eigenvalue weighted by Crippen LogP contribution is -2.25. The summed E-state index contributed by atoms with van der Waals surface area (Å²) in [5.41, 5.74) is 0.766. The smallest absolute Gasteiger partial charge is 0.123 e. The third-order valence-corrected chi connectivity index (χ3v) is 2.13. The highest BCUT2D eigenvalue weighted by Crippen LogP contribution is 2.07. The number of rotatable bonds is 8. The number of anilines is 1. The molecule has 0 aromatic heterocycles. The van der Waals surface area contributed by atoms with Gasteiger partial charge in [0.2, 0.25) is 0 Å². The molecule has 1 unspecified atom stereocenters. The lowest BCUT2D eigenvalue weighted by Gasteiger charge is -2.13.